The van der Waals surface area contributed by atoms with Crippen LogP contribution in [-0.4, -0.2) is 48.4 Å². The first-order valence-corrected chi connectivity index (χ1v) is 9.71. The second-order valence-corrected chi connectivity index (χ2v) is 6.87. The molecular weight excluding hydrogens is 477 g/mol. The number of aromatic nitrogens is 1. The summed E-state index contributed by atoms with van der Waals surface area (Å²) >= 11 is 0. The normalized spacial score (nSPS) is 10.8. The van der Waals surface area contributed by atoms with Gasteiger partial charge in [-0.05, 0) is 44.0 Å². The van der Waals surface area contributed by atoms with Crippen LogP contribution in [0.1, 0.15) is 29.3 Å². The second kappa shape index (κ2) is 13.1. The minimum Gasteiger partial charge on any atom is -0.357 e. The van der Waals surface area contributed by atoms with Crippen LogP contribution < -0.4 is 10.6 Å². The highest BCUT2D eigenvalue weighted by Gasteiger charge is 2.10. The van der Waals surface area contributed by atoms with Gasteiger partial charge in [-0.1, -0.05) is 29.8 Å². The quantitative estimate of drug-likeness (QED) is 0.326. The molecule has 1 aromatic heterocycles. The number of hydrogen-bond acceptors (Lipinski definition) is 3. The van der Waals surface area contributed by atoms with E-state index in [1.807, 2.05) is 32.2 Å². The van der Waals surface area contributed by atoms with Crippen molar-refractivity contribution in [3.05, 3.63) is 65.0 Å². The third-order valence-corrected chi connectivity index (χ3v) is 4.51. The smallest absolute Gasteiger partial charge is 0.241 e. The molecule has 6 nitrogen and oxygen atoms in total. The van der Waals surface area contributed by atoms with Crippen LogP contribution in [0.5, 0.6) is 0 Å². The lowest BCUT2D eigenvalue weighted by atomic mass is 10.1. The number of benzene rings is 1. The molecular formula is C22H32IN5O. The highest BCUT2D eigenvalue weighted by atomic mass is 127. The summed E-state index contributed by atoms with van der Waals surface area (Å²) in [7, 11) is 1.81. The van der Waals surface area contributed by atoms with Crippen molar-refractivity contribution in [3.63, 3.8) is 0 Å². The topological polar surface area (TPSA) is 69.6 Å². The molecule has 2 rings (SSSR count). The van der Waals surface area contributed by atoms with E-state index >= 15 is 0 Å². The van der Waals surface area contributed by atoms with E-state index in [0.717, 1.165) is 18.7 Å². The van der Waals surface area contributed by atoms with Crippen molar-refractivity contribution in [2.75, 3.05) is 26.7 Å². The average molecular weight is 509 g/mol. The summed E-state index contributed by atoms with van der Waals surface area (Å²) in [6, 6.07) is 12.2. The number of nitrogens with zero attached hydrogens (tertiary/aromatic N) is 3. The Kier molecular flexibility index (Phi) is 11.3. The van der Waals surface area contributed by atoms with E-state index in [1.54, 1.807) is 11.1 Å². The molecule has 0 fully saturated rings. The molecule has 0 radical (unpaired) electrons. The molecule has 0 saturated carbocycles. The van der Waals surface area contributed by atoms with E-state index in [0.29, 0.717) is 19.0 Å². The molecule has 0 unspecified atom stereocenters. The number of likely N-dealkylation sites (N-methyl/N-ethyl adjacent to an activating group) is 1. The number of halogens is 1. The van der Waals surface area contributed by atoms with Gasteiger partial charge in [0.2, 0.25) is 5.91 Å². The van der Waals surface area contributed by atoms with Gasteiger partial charge in [-0.3, -0.25) is 9.78 Å². The van der Waals surface area contributed by atoms with E-state index < -0.39 is 0 Å². The number of aliphatic imine (C=N–C) groups is 1. The van der Waals surface area contributed by atoms with Gasteiger partial charge in [0.25, 0.3) is 0 Å². The van der Waals surface area contributed by atoms with E-state index in [2.05, 4.69) is 52.7 Å². The number of pyridine rings is 1. The van der Waals surface area contributed by atoms with Crippen LogP contribution >= 0.6 is 24.0 Å². The van der Waals surface area contributed by atoms with E-state index in [-0.39, 0.29) is 36.4 Å². The molecule has 158 valence electrons. The molecule has 0 aliphatic heterocycles. The molecule has 0 bridgehead atoms. The fourth-order valence-corrected chi connectivity index (χ4v) is 2.78. The van der Waals surface area contributed by atoms with Crippen molar-refractivity contribution in [2.45, 2.75) is 33.7 Å². The highest BCUT2D eigenvalue weighted by Crippen LogP contribution is 2.11. The van der Waals surface area contributed by atoms with Gasteiger partial charge in [-0.15, -0.1) is 24.0 Å². The van der Waals surface area contributed by atoms with Gasteiger partial charge < -0.3 is 15.5 Å². The van der Waals surface area contributed by atoms with Crippen LogP contribution in [0, 0.1) is 13.8 Å². The summed E-state index contributed by atoms with van der Waals surface area (Å²) < 4.78 is 0. The Bertz CT molecular complexity index is 795. The third-order valence-electron chi connectivity index (χ3n) is 4.51. The monoisotopic (exact) mass is 509 g/mol. The van der Waals surface area contributed by atoms with Crippen molar-refractivity contribution in [3.8, 4) is 0 Å². The van der Waals surface area contributed by atoms with Gasteiger partial charge in [-0.2, -0.15) is 0 Å². The van der Waals surface area contributed by atoms with Crippen LogP contribution in [0.4, 0.5) is 0 Å². The predicted molar refractivity (Wildman–Crippen MR) is 130 cm³/mol. The number of rotatable bonds is 8. The van der Waals surface area contributed by atoms with Crippen LogP contribution in [-0.2, 0) is 17.8 Å². The maximum Gasteiger partial charge on any atom is 0.241 e. The fraction of sp³-hybridized carbons (Fsp3) is 0.409. The van der Waals surface area contributed by atoms with Crippen molar-refractivity contribution in [2.24, 2.45) is 4.99 Å². The SMILES string of the molecule is CCNC(=NCc1ccc(C)cc1C)NCC(=O)N(C)CCc1ccccn1.I. The highest BCUT2D eigenvalue weighted by molar-refractivity contribution is 14.0. The molecule has 7 heteroatoms. The summed E-state index contributed by atoms with van der Waals surface area (Å²) in [5.74, 6) is 0.669. The van der Waals surface area contributed by atoms with Gasteiger partial charge in [0.15, 0.2) is 5.96 Å². The minimum absolute atomic E-state index is 0. The van der Waals surface area contributed by atoms with Gasteiger partial charge in [-0.25, -0.2) is 4.99 Å². The van der Waals surface area contributed by atoms with Gasteiger partial charge in [0.1, 0.15) is 0 Å². The molecule has 1 heterocycles. The predicted octanol–water partition coefficient (Wildman–Crippen LogP) is 3.07. The first kappa shape index (κ1) is 24.9. The minimum atomic E-state index is 0. The van der Waals surface area contributed by atoms with E-state index in [4.69, 9.17) is 0 Å². The van der Waals surface area contributed by atoms with Crippen LogP contribution in [0.3, 0.4) is 0 Å². The lowest BCUT2D eigenvalue weighted by Gasteiger charge is -2.18. The van der Waals surface area contributed by atoms with Crippen LogP contribution in [0.2, 0.25) is 0 Å². The summed E-state index contributed by atoms with van der Waals surface area (Å²) in [5, 5.41) is 6.33. The summed E-state index contributed by atoms with van der Waals surface area (Å²) in [4.78, 5) is 23.0. The zero-order valence-corrected chi connectivity index (χ0v) is 20.1. The van der Waals surface area contributed by atoms with Gasteiger partial charge in [0, 0.05) is 38.4 Å². The van der Waals surface area contributed by atoms with Crippen molar-refractivity contribution < 1.29 is 4.79 Å². The summed E-state index contributed by atoms with van der Waals surface area (Å²) in [6.45, 7) is 8.34. The van der Waals surface area contributed by atoms with Crippen LogP contribution in [0.15, 0.2) is 47.6 Å². The Morgan fingerprint density at radius 1 is 1.17 bits per heavy atom. The third kappa shape index (κ3) is 8.81. The Hall–Kier alpha value is -2.16. The molecule has 0 atom stereocenters. The Morgan fingerprint density at radius 3 is 2.62 bits per heavy atom. The molecule has 0 saturated heterocycles. The molecule has 0 aliphatic carbocycles. The maximum atomic E-state index is 12.4. The molecule has 29 heavy (non-hydrogen) atoms. The molecule has 1 amide bonds. The first-order valence-electron chi connectivity index (χ1n) is 9.71. The Morgan fingerprint density at radius 2 is 1.97 bits per heavy atom. The lowest BCUT2D eigenvalue weighted by Crippen LogP contribution is -2.44. The first-order chi connectivity index (χ1) is 13.5. The van der Waals surface area contributed by atoms with E-state index in [9.17, 15) is 4.79 Å². The zero-order chi connectivity index (χ0) is 20.4. The lowest BCUT2D eigenvalue weighted by molar-refractivity contribution is -0.128. The number of amides is 1. The van der Waals surface area contributed by atoms with Crippen LogP contribution in [0.25, 0.3) is 0 Å². The van der Waals surface area contributed by atoms with Crippen molar-refractivity contribution in [1.29, 1.82) is 0 Å². The van der Waals surface area contributed by atoms with Crippen molar-refractivity contribution >= 4 is 35.8 Å². The Labute approximate surface area is 191 Å². The molecule has 2 N–H and O–H groups in total. The van der Waals surface area contributed by atoms with Gasteiger partial charge in [0.05, 0.1) is 13.1 Å². The Balaban J connectivity index is 0.00000420. The van der Waals surface area contributed by atoms with E-state index in [1.165, 1.54) is 16.7 Å². The molecule has 2 aromatic rings. The number of nitrogens with one attached hydrogen (secondary N) is 2. The molecule has 0 spiro atoms. The number of hydrogen-bond donors (Lipinski definition) is 2. The number of carbonyl (C=O) groups is 1. The number of guanidine groups is 1. The maximum absolute atomic E-state index is 12.4. The average Bonchev–Trinajstić information content (AvgIpc) is 2.69. The number of carbonyl (C=O) groups excluding carboxylic acids is 1. The second-order valence-electron chi connectivity index (χ2n) is 6.87. The standard InChI is InChI=1S/C22H31N5O.HI/c1-5-23-22(25-15-19-10-9-17(2)14-18(19)3)26-16-21(28)27(4)13-11-20-8-6-7-12-24-20;/h6-10,12,14H,5,11,13,15-16H2,1-4H3,(H2,23,25,26);1H. The van der Waals surface area contributed by atoms with Gasteiger partial charge >= 0.3 is 0 Å². The molecule has 1 aromatic carbocycles. The van der Waals surface area contributed by atoms with Crippen molar-refractivity contribution in [1.82, 2.24) is 20.5 Å². The fourth-order valence-electron chi connectivity index (χ4n) is 2.78. The zero-order valence-electron chi connectivity index (χ0n) is 17.7. The summed E-state index contributed by atoms with van der Waals surface area (Å²) in [6.07, 6.45) is 2.51. The largest absolute Gasteiger partial charge is 0.357 e. The number of aryl methyl sites for hydroxylation is 2. The molecule has 0 aliphatic rings. The summed E-state index contributed by atoms with van der Waals surface area (Å²) in [5.41, 5.74) is 4.64.